The van der Waals surface area contributed by atoms with Crippen molar-refractivity contribution in [3.63, 3.8) is 0 Å². The Hall–Kier alpha value is -3.80. The molecule has 1 saturated carbocycles. The molecule has 1 aliphatic carbocycles. The van der Waals surface area contributed by atoms with Gasteiger partial charge in [0, 0.05) is 0 Å². The van der Waals surface area contributed by atoms with Crippen LogP contribution in [0.3, 0.4) is 0 Å². The minimum absolute atomic E-state index is 0.0602. The van der Waals surface area contributed by atoms with E-state index in [4.69, 9.17) is 9.47 Å². The Kier molecular flexibility index (Phi) is 7.81. The van der Waals surface area contributed by atoms with Gasteiger partial charge in [0.05, 0.1) is 24.3 Å². The van der Waals surface area contributed by atoms with E-state index >= 15 is 0 Å². The van der Waals surface area contributed by atoms with Crippen molar-refractivity contribution in [1.82, 2.24) is 0 Å². The first-order valence-electron chi connectivity index (χ1n) is 11.7. The fraction of sp³-hybridized carbons (Fsp3) is 0.286. The van der Waals surface area contributed by atoms with E-state index in [1.165, 1.54) is 38.2 Å². The fourth-order valence-electron chi connectivity index (χ4n) is 4.14. The van der Waals surface area contributed by atoms with E-state index in [1.807, 2.05) is 36.4 Å². The predicted molar refractivity (Wildman–Crippen MR) is 131 cm³/mol. The summed E-state index contributed by atoms with van der Waals surface area (Å²) < 4.78 is 11.8. The number of hydrogen-bond donors (Lipinski definition) is 2. The molecular formula is C28H29NO5. The maximum atomic E-state index is 12.4. The summed E-state index contributed by atoms with van der Waals surface area (Å²) in [5.74, 6) is 1.52. The maximum Gasteiger partial charge on any atom is 0.337 e. The summed E-state index contributed by atoms with van der Waals surface area (Å²) in [7, 11) is 0. The highest BCUT2D eigenvalue weighted by Gasteiger charge is 2.14. The molecule has 1 amide bonds. The number of carboxylic acids is 1. The summed E-state index contributed by atoms with van der Waals surface area (Å²) in [5, 5.41) is 11.9. The quantitative estimate of drug-likeness (QED) is 0.391. The first kappa shape index (κ1) is 23.4. The molecule has 0 unspecified atom stereocenters. The number of amides is 1. The first-order chi connectivity index (χ1) is 16.6. The second-order valence-electron chi connectivity index (χ2n) is 8.61. The third kappa shape index (κ3) is 6.61. The first-order valence-corrected chi connectivity index (χ1v) is 11.7. The van der Waals surface area contributed by atoms with Crippen molar-refractivity contribution in [3.8, 4) is 17.2 Å². The van der Waals surface area contributed by atoms with Crippen molar-refractivity contribution in [1.29, 1.82) is 0 Å². The standard InChI is InChI=1S/C28H29NO5/c30-27(29-26-9-5-4-8-25(26)28(31)32)18-20-10-12-23(13-11-20)34-24-16-14-22(15-17-24)33-19-21-6-2-1-3-7-21/h4-5,8-17,21H,1-3,6-7,18-19H2,(H,29,30)(H,31,32). The molecule has 3 aromatic carbocycles. The third-order valence-electron chi connectivity index (χ3n) is 5.99. The van der Waals surface area contributed by atoms with E-state index in [2.05, 4.69) is 5.32 Å². The van der Waals surface area contributed by atoms with Crippen LogP contribution in [0, 0.1) is 5.92 Å². The summed E-state index contributed by atoms with van der Waals surface area (Å²) in [6.45, 7) is 0.775. The van der Waals surface area contributed by atoms with E-state index in [-0.39, 0.29) is 23.6 Å². The summed E-state index contributed by atoms with van der Waals surface area (Å²) in [6.07, 6.45) is 6.61. The summed E-state index contributed by atoms with van der Waals surface area (Å²) in [6, 6.07) is 21.2. The summed E-state index contributed by atoms with van der Waals surface area (Å²) in [4.78, 5) is 23.7. The van der Waals surface area contributed by atoms with E-state index in [9.17, 15) is 14.7 Å². The molecular weight excluding hydrogens is 430 g/mol. The second-order valence-corrected chi connectivity index (χ2v) is 8.61. The molecule has 1 fully saturated rings. The molecule has 0 radical (unpaired) electrons. The van der Waals surface area contributed by atoms with E-state index < -0.39 is 5.97 Å². The molecule has 0 spiro atoms. The lowest BCUT2D eigenvalue weighted by atomic mass is 9.90. The molecule has 6 heteroatoms. The topological polar surface area (TPSA) is 84.9 Å². The number of carbonyl (C=O) groups excluding carboxylic acids is 1. The molecule has 2 N–H and O–H groups in total. The number of para-hydroxylation sites is 1. The van der Waals surface area contributed by atoms with Crippen molar-refractivity contribution < 1.29 is 24.2 Å². The Bertz CT molecular complexity index is 1100. The highest BCUT2D eigenvalue weighted by molar-refractivity contribution is 6.00. The SMILES string of the molecule is O=C(Cc1ccc(Oc2ccc(OCC3CCCCC3)cc2)cc1)Nc1ccccc1C(=O)O. The maximum absolute atomic E-state index is 12.4. The Morgan fingerprint density at radius 2 is 1.44 bits per heavy atom. The Morgan fingerprint density at radius 1 is 0.824 bits per heavy atom. The molecule has 6 nitrogen and oxygen atoms in total. The van der Waals surface area contributed by atoms with Crippen LogP contribution in [-0.4, -0.2) is 23.6 Å². The minimum atomic E-state index is -1.08. The zero-order valence-corrected chi connectivity index (χ0v) is 19.0. The smallest absolute Gasteiger partial charge is 0.337 e. The minimum Gasteiger partial charge on any atom is -0.493 e. The van der Waals surface area contributed by atoms with Crippen LogP contribution in [0.2, 0.25) is 0 Å². The number of aromatic carboxylic acids is 1. The van der Waals surface area contributed by atoms with Gasteiger partial charge in [-0.1, -0.05) is 43.5 Å². The van der Waals surface area contributed by atoms with Crippen LogP contribution >= 0.6 is 0 Å². The Morgan fingerprint density at radius 3 is 2.12 bits per heavy atom. The number of benzene rings is 3. The molecule has 4 rings (SSSR count). The molecule has 3 aromatic rings. The van der Waals surface area contributed by atoms with Gasteiger partial charge in [-0.05, 0) is 72.9 Å². The molecule has 0 aliphatic heterocycles. The van der Waals surface area contributed by atoms with Crippen molar-refractivity contribution >= 4 is 17.6 Å². The number of carbonyl (C=O) groups is 2. The van der Waals surface area contributed by atoms with E-state index in [1.54, 1.807) is 30.3 Å². The van der Waals surface area contributed by atoms with Crippen molar-refractivity contribution in [2.75, 3.05) is 11.9 Å². The van der Waals surface area contributed by atoms with Gasteiger partial charge in [-0.3, -0.25) is 4.79 Å². The van der Waals surface area contributed by atoms with Gasteiger partial charge in [-0.15, -0.1) is 0 Å². The van der Waals surface area contributed by atoms with Crippen LogP contribution in [0.25, 0.3) is 0 Å². The summed E-state index contributed by atoms with van der Waals surface area (Å²) >= 11 is 0. The van der Waals surface area contributed by atoms with Gasteiger partial charge in [-0.2, -0.15) is 0 Å². The molecule has 1 aliphatic rings. The average Bonchev–Trinajstić information content (AvgIpc) is 2.85. The zero-order chi connectivity index (χ0) is 23.8. The Balaban J connectivity index is 1.27. The number of carboxylic acid groups (broad SMARTS) is 1. The van der Waals surface area contributed by atoms with Crippen LogP contribution in [0.5, 0.6) is 17.2 Å². The number of nitrogens with one attached hydrogen (secondary N) is 1. The van der Waals surface area contributed by atoms with Crippen LogP contribution in [-0.2, 0) is 11.2 Å². The van der Waals surface area contributed by atoms with Crippen molar-refractivity contribution in [3.05, 3.63) is 83.9 Å². The lowest BCUT2D eigenvalue weighted by Crippen LogP contribution is -2.16. The zero-order valence-electron chi connectivity index (χ0n) is 19.0. The fourth-order valence-corrected chi connectivity index (χ4v) is 4.14. The molecule has 0 aromatic heterocycles. The number of ether oxygens (including phenoxy) is 2. The molecule has 34 heavy (non-hydrogen) atoms. The predicted octanol–water partition coefficient (Wildman–Crippen LogP) is 6.32. The van der Waals surface area contributed by atoms with Gasteiger partial charge in [0.2, 0.25) is 5.91 Å². The van der Waals surface area contributed by atoms with Crippen LogP contribution in [0.1, 0.15) is 48.0 Å². The highest BCUT2D eigenvalue weighted by atomic mass is 16.5. The number of rotatable bonds is 9. The molecule has 0 atom stereocenters. The van der Waals surface area contributed by atoms with Gasteiger partial charge in [0.25, 0.3) is 0 Å². The highest BCUT2D eigenvalue weighted by Crippen LogP contribution is 2.27. The largest absolute Gasteiger partial charge is 0.493 e. The normalized spacial score (nSPS) is 13.8. The van der Waals surface area contributed by atoms with Crippen LogP contribution in [0.15, 0.2) is 72.8 Å². The molecule has 0 saturated heterocycles. The van der Waals surface area contributed by atoms with Gasteiger partial charge in [0.15, 0.2) is 0 Å². The van der Waals surface area contributed by atoms with Crippen LogP contribution in [0.4, 0.5) is 5.69 Å². The average molecular weight is 460 g/mol. The monoisotopic (exact) mass is 459 g/mol. The third-order valence-corrected chi connectivity index (χ3v) is 5.99. The lowest BCUT2D eigenvalue weighted by molar-refractivity contribution is -0.115. The second kappa shape index (κ2) is 11.4. The van der Waals surface area contributed by atoms with Gasteiger partial charge in [-0.25, -0.2) is 4.79 Å². The van der Waals surface area contributed by atoms with Crippen molar-refractivity contribution in [2.24, 2.45) is 5.92 Å². The van der Waals surface area contributed by atoms with Crippen LogP contribution < -0.4 is 14.8 Å². The van der Waals surface area contributed by atoms with Gasteiger partial charge in [0.1, 0.15) is 17.2 Å². The molecule has 0 bridgehead atoms. The Labute approximate surface area is 199 Å². The molecule has 176 valence electrons. The summed E-state index contributed by atoms with van der Waals surface area (Å²) in [5.41, 5.74) is 1.14. The van der Waals surface area contributed by atoms with Gasteiger partial charge < -0.3 is 19.9 Å². The number of hydrogen-bond acceptors (Lipinski definition) is 4. The van der Waals surface area contributed by atoms with Crippen molar-refractivity contribution in [2.45, 2.75) is 38.5 Å². The van der Waals surface area contributed by atoms with E-state index in [0.717, 1.165) is 17.9 Å². The number of anilines is 1. The van der Waals surface area contributed by atoms with Gasteiger partial charge >= 0.3 is 5.97 Å². The lowest BCUT2D eigenvalue weighted by Gasteiger charge is -2.21. The molecule has 0 heterocycles. The van der Waals surface area contributed by atoms with E-state index in [0.29, 0.717) is 17.4 Å².